The molecule has 1 aromatic carbocycles. The Labute approximate surface area is 154 Å². The Kier molecular flexibility index (Phi) is 5.38. The van der Waals surface area contributed by atoms with Crippen molar-refractivity contribution in [3.63, 3.8) is 0 Å². The minimum atomic E-state index is -3.63. The van der Waals surface area contributed by atoms with Crippen molar-refractivity contribution in [2.45, 2.75) is 44.6 Å². The molecule has 2 aromatic heterocycles. The summed E-state index contributed by atoms with van der Waals surface area (Å²) in [5, 5.41) is 8.18. The molecule has 26 heavy (non-hydrogen) atoms. The maximum atomic E-state index is 12.7. The average Bonchev–Trinajstić information content (AvgIpc) is 3.04. The molecule has 138 valence electrons. The number of aryl methyl sites for hydroxylation is 1. The Morgan fingerprint density at radius 1 is 1.04 bits per heavy atom. The third-order valence-electron chi connectivity index (χ3n) is 4.30. The van der Waals surface area contributed by atoms with Gasteiger partial charge in [0, 0.05) is 6.20 Å². The fourth-order valence-electron chi connectivity index (χ4n) is 2.80. The van der Waals surface area contributed by atoms with Crippen LogP contribution in [0.25, 0.3) is 5.65 Å². The summed E-state index contributed by atoms with van der Waals surface area (Å²) in [4.78, 5) is 0.256. The van der Waals surface area contributed by atoms with E-state index in [1.54, 1.807) is 23.5 Å². The molecule has 1 unspecified atom stereocenters. The van der Waals surface area contributed by atoms with Gasteiger partial charge in [-0.05, 0) is 55.5 Å². The van der Waals surface area contributed by atoms with Gasteiger partial charge >= 0.3 is 0 Å². The Bertz CT molecular complexity index is 978. The Balaban J connectivity index is 1.75. The van der Waals surface area contributed by atoms with Crippen molar-refractivity contribution in [3.8, 4) is 0 Å². The van der Waals surface area contributed by atoms with Gasteiger partial charge in [-0.15, -0.1) is 10.2 Å². The minimum Gasteiger partial charge on any atom is -0.285 e. The quantitative estimate of drug-likeness (QED) is 0.690. The fraction of sp³-hybridized carbons (Fsp3) is 0.368. The first-order valence-corrected chi connectivity index (χ1v) is 10.3. The van der Waals surface area contributed by atoms with Crippen molar-refractivity contribution in [2.24, 2.45) is 5.92 Å². The lowest BCUT2D eigenvalue weighted by Gasteiger charge is -2.13. The molecular formula is C19H24N4O2S. The average molecular weight is 372 g/mol. The number of hydrogen-bond donors (Lipinski definition) is 1. The van der Waals surface area contributed by atoms with Crippen LogP contribution in [0, 0.1) is 5.92 Å². The second-order valence-corrected chi connectivity index (χ2v) is 8.62. The van der Waals surface area contributed by atoms with Crippen molar-refractivity contribution in [1.82, 2.24) is 19.3 Å². The maximum absolute atomic E-state index is 12.7. The van der Waals surface area contributed by atoms with Crippen LogP contribution in [0.15, 0.2) is 53.6 Å². The topological polar surface area (TPSA) is 76.4 Å². The predicted octanol–water partition coefficient (Wildman–Crippen LogP) is 3.36. The number of fused-ring (bicyclic) bond motifs is 1. The van der Waals surface area contributed by atoms with E-state index in [-0.39, 0.29) is 4.90 Å². The molecule has 1 atom stereocenters. The van der Waals surface area contributed by atoms with E-state index in [0.717, 1.165) is 18.4 Å². The molecule has 0 saturated carbocycles. The van der Waals surface area contributed by atoms with Gasteiger partial charge in [-0.2, -0.15) is 0 Å². The van der Waals surface area contributed by atoms with Crippen LogP contribution < -0.4 is 4.72 Å². The van der Waals surface area contributed by atoms with Crippen LogP contribution in [0.5, 0.6) is 0 Å². The molecule has 0 radical (unpaired) electrons. The number of benzene rings is 1. The number of nitrogens with one attached hydrogen (secondary N) is 1. The molecule has 6 nitrogen and oxygen atoms in total. The van der Waals surface area contributed by atoms with E-state index < -0.39 is 16.1 Å². The van der Waals surface area contributed by atoms with Gasteiger partial charge in [0.15, 0.2) is 11.5 Å². The highest BCUT2D eigenvalue weighted by Gasteiger charge is 2.21. The lowest BCUT2D eigenvalue weighted by atomic mass is 10.0. The molecule has 7 heteroatoms. The second kappa shape index (κ2) is 7.55. The van der Waals surface area contributed by atoms with Crippen LogP contribution in [-0.2, 0) is 16.4 Å². The maximum Gasteiger partial charge on any atom is 0.241 e. The third kappa shape index (κ3) is 4.11. The SMILES string of the molecule is CC(C)CCc1ccc(S(=O)(=O)NC(C)c2nnc3ccccn23)cc1. The standard InChI is InChI=1S/C19H24N4O2S/c1-14(2)7-8-16-9-11-17(12-10-16)26(24,25)22-15(3)19-21-20-18-6-4-5-13-23(18)19/h4-6,9-15,22H,7-8H2,1-3H3. The monoisotopic (exact) mass is 372 g/mol. The predicted molar refractivity (Wildman–Crippen MR) is 101 cm³/mol. The fourth-order valence-corrected chi connectivity index (χ4v) is 4.00. The van der Waals surface area contributed by atoms with Gasteiger partial charge < -0.3 is 0 Å². The summed E-state index contributed by atoms with van der Waals surface area (Å²) in [6.07, 6.45) is 3.86. The summed E-state index contributed by atoms with van der Waals surface area (Å²) in [5.74, 6) is 1.18. The lowest BCUT2D eigenvalue weighted by molar-refractivity contribution is 0.558. The zero-order chi connectivity index (χ0) is 18.7. The van der Waals surface area contributed by atoms with E-state index in [1.807, 2.05) is 36.5 Å². The van der Waals surface area contributed by atoms with E-state index in [0.29, 0.717) is 17.4 Å². The third-order valence-corrected chi connectivity index (χ3v) is 5.86. The minimum absolute atomic E-state index is 0.256. The molecule has 3 aromatic rings. The number of nitrogens with zero attached hydrogens (tertiary/aromatic N) is 3. The van der Waals surface area contributed by atoms with Gasteiger partial charge in [-0.3, -0.25) is 4.40 Å². The summed E-state index contributed by atoms with van der Waals surface area (Å²) in [5.41, 5.74) is 1.83. The number of pyridine rings is 1. The van der Waals surface area contributed by atoms with Crippen LogP contribution in [0.1, 0.15) is 44.6 Å². The van der Waals surface area contributed by atoms with Crippen molar-refractivity contribution >= 4 is 15.7 Å². The van der Waals surface area contributed by atoms with E-state index in [2.05, 4.69) is 28.8 Å². The molecule has 1 N–H and O–H groups in total. The van der Waals surface area contributed by atoms with E-state index >= 15 is 0 Å². The van der Waals surface area contributed by atoms with Crippen molar-refractivity contribution in [1.29, 1.82) is 0 Å². The first-order chi connectivity index (χ1) is 12.4. The molecular weight excluding hydrogens is 348 g/mol. The molecule has 0 bridgehead atoms. The first-order valence-electron chi connectivity index (χ1n) is 8.78. The zero-order valence-electron chi connectivity index (χ0n) is 15.3. The van der Waals surface area contributed by atoms with Crippen LogP contribution >= 0.6 is 0 Å². The first kappa shape index (κ1) is 18.5. The van der Waals surface area contributed by atoms with Crippen molar-refractivity contribution < 1.29 is 8.42 Å². The van der Waals surface area contributed by atoms with Gasteiger partial charge in [0.05, 0.1) is 10.9 Å². The number of hydrogen-bond acceptors (Lipinski definition) is 4. The summed E-state index contributed by atoms with van der Waals surface area (Å²) < 4.78 is 29.8. The summed E-state index contributed by atoms with van der Waals surface area (Å²) in [6, 6.07) is 12.1. The Morgan fingerprint density at radius 3 is 2.46 bits per heavy atom. The van der Waals surface area contributed by atoms with Gasteiger partial charge in [-0.25, -0.2) is 13.1 Å². The molecule has 0 aliphatic heterocycles. The summed E-state index contributed by atoms with van der Waals surface area (Å²) in [7, 11) is -3.63. The highest BCUT2D eigenvalue weighted by Crippen LogP contribution is 2.18. The van der Waals surface area contributed by atoms with Crippen molar-refractivity contribution in [2.75, 3.05) is 0 Å². The highest BCUT2D eigenvalue weighted by atomic mass is 32.2. The second-order valence-electron chi connectivity index (χ2n) is 6.91. The summed E-state index contributed by atoms with van der Waals surface area (Å²) in [6.45, 7) is 6.12. The van der Waals surface area contributed by atoms with E-state index in [1.165, 1.54) is 0 Å². The zero-order valence-corrected chi connectivity index (χ0v) is 16.1. The number of aromatic nitrogens is 3. The van der Waals surface area contributed by atoms with Crippen molar-refractivity contribution in [3.05, 3.63) is 60.0 Å². The van der Waals surface area contributed by atoms with Crippen LogP contribution in [0.3, 0.4) is 0 Å². The summed E-state index contributed by atoms with van der Waals surface area (Å²) >= 11 is 0. The molecule has 0 fully saturated rings. The van der Waals surface area contributed by atoms with Gasteiger partial charge in [0.2, 0.25) is 10.0 Å². The molecule has 3 rings (SSSR count). The highest BCUT2D eigenvalue weighted by molar-refractivity contribution is 7.89. The normalized spacial score (nSPS) is 13.4. The number of rotatable bonds is 7. The van der Waals surface area contributed by atoms with Crippen LogP contribution in [0.2, 0.25) is 0 Å². The molecule has 0 saturated heterocycles. The van der Waals surface area contributed by atoms with Gasteiger partial charge in [0.1, 0.15) is 0 Å². The molecule has 2 heterocycles. The lowest BCUT2D eigenvalue weighted by Crippen LogP contribution is -2.28. The molecule has 0 spiro atoms. The Hall–Kier alpha value is -2.25. The van der Waals surface area contributed by atoms with Crippen LogP contribution in [0.4, 0.5) is 0 Å². The smallest absolute Gasteiger partial charge is 0.241 e. The van der Waals surface area contributed by atoms with E-state index in [9.17, 15) is 8.42 Å². The van der Waals surface area contributed by atoms with Crippen LogP contribution in [-0.4, -0.2) is 23.0 Å². The largest absolute Gasteiger partial charge is 0.285 e. The number of sulfonamides is 1. The van der Waals surface area contributed by atoms with E-state index in [4.69, 9.17) is 0 Å². The molecule has 0 aliphatic rings. The Morgan fingerprint density at radius 2 is 1.77 bits per heavy atom. The molecule has 0 amide bonds. The van der Waals surface area contributed by atoms with Gasteiger partial charge in [0.25, 0.3) is 0 Å². The molecule has 0 aliphatic carbocycles. The van der Waals surface area contributed by atoms with Gasteiger partial charge in [-0.1, -0.05) is 32.0 Å².